The third-order valence-corrected chi connectivity index (χ3v) is 5.19. The lowest BCUT2D eigenvalue weighted by molar-refractivity contribution is -0.132. The van der Waals surface area contributed by atoms with Crippen molar-refractivity contribution in [1.29, 1.82) is 0 Å². The van der Waals surface area contributed by atoms with Crippen LogP contribution in [0, 0.1) is 17.6 Å². The van der Waals surface area contributed by atoms with E-state index in [0.717, 1.165) is 38.3 Å². The van der Waals surface area contributed by atoms with E-state index in [2.05, 4.69) is 10.6 Å². The number of amides is 2. The van der Waals surface area contributed by atoms with Gasteiger partial charge in [0.15, 0.2) is 11.6 Å². The molecule has 2 amide bonds. The predicted octanol–water partition coefficient (Wildman–Crippen LogP) is 1.61. The third-order valence-electron chi connectivity index (χ3n) is 5.19. The highest BCUT2D eigenvalue weighted by Gasteiger charge is 2.27. The van der Waals surface area contributed by atoms with Gasteiger partial charge in [0.1, 0.15) is 0 Å². The van der Waals surface area contributed by atoms with E-state index in [9.17, 15) is 18.4 Å². The number of benzene rings is 1. The van der Waals surface area contributed by atoms with Crippen molar-refractivity contribution in [2.45, 2.75) is 38.1 Å². The first-order valence-corrected chi connectivity index (χ1v) is 9.26. The predicted molar refractivity (Wildman–Crippen MR) is 93.4 cm³/mol. The molecule has 2 unspecified atom stereocenters. The average molecular weight is 365 g/mol. The van der Waals surface area contributed by atoms with Gasteiger partial charge in [-0.15, -0.1) is 0 Å². The summed E-state index contributed by atoms with van der Waals surface area (Å²) < 4.78 is 27.1. The number of rotatable bonds is 5. The summed E-state index contributed by atoms with van der Waals surface area (Å²) in [6.07, 6.45) is 3.52. The molecule has 3 rings (SSSR count). The number of carbonyl (C=O) groups is 2. The molecule has 2 saturated heterocycles. The minimum atomic E-state index is -0.953. The molecule has 2 N–H and O–H groups in total. The van der Waals surface area contributed by atoms with Gasteiger partial charge < -0.3 is 15.5 Å². The summed E-state index contributed by atoms with van der Waals surface area (Å²) >= 11 is 0. The van der Waals surface area contributed by atoms with Crippen LogP contribution in [-0.4, -0.2) is 48.9 Å². The summed E-state index contributed by atoms with van der Waals surface area (Å²) in [6.45, 7) is 2.56. The maximum atomic E-state index is 13.8. The molecule has 2 aliphatic heterocycles. The number of hydrogen-bond donors (Lipinski definition) is 2. The zero-order valence-corrected chi connectivity index (χ0v) is 14.8. The number of carbonyl (C=O) groups excluding carboxylic acids is 2. The summed E-state index contributed by atoms with van der Waals surface area (Å²) in [5.74, 6) is -1.88. The van der Waals surface area contributed by atoms with Crippen LogP contribution in [0.25, 0.3) is 0 Å². The number of piperidine rings is 1. The van der Waals surface area contributed by atoms with Crippen LogP contribution in [0.2, 0.25) is 0 Å². The molecule has 0 spiro atoms. The Balaban J connectivity index is 1.50. The van der Waals surface area contributed by atoms with Gasteiger partial charge in [-0.2, -0.15) is 0 Å². The molecule has 2 aliphatic rings. The summed E-state index contributed by atoms with van der Waals surface area (Å²) in [6, 6.07) is 3.79. The fourth-order valence-corrected chi connectivity index (χ4v) is 3.69. The molecule has 1 aromatic carbocycles. The number of hydrogen-bond acceptors (Lipinski definition) is 3. The molecule has 0 radical (unpaired) electrons. The molecule has 7 heteroatoms. The maximum absolute atomic E-state index is 13.8. The van der Waals surface area contributed by atoms with Crippen LogP contribution in [0.4, 0.5) is 8.78 Å². The van der Waals surface area contributed by atoms with Gasteiger partial charge in [-0.1, -0.05) is 12.1 Å². The SMILES string of the molecule is O=C(NCC1CCCN(C(=O)Cc2cccc(F)c2F)C1)C1CCCN1. The van der Waals surface area contributed by atoms with E-state index in [1.165, 1.54) is 12.1 Å². The smallest absolute Gasteiger partial charge is 0.237 e. The lowest BCUT2D eigenvalue weighted by atomic mass is 9.97. The molecule has 0 saturated carbocycles. The van der Waals surface area contributed by atoms with Crippen molar-refractivity contribution >= 4 is 11.8 Å². The van der Waals surface area contributed by atoms with Crippen molar-refractivity contribution in [3.05, 3.63) is 35.4 Å². The molecule has 1 aromatic rings. The van der Waals surface area contributed by atoms with Gasteiger partial charge in [0.05, 0.1) is 12.5 Å². The van der Waals surface area contributed by atoms with E-state index < -0.39 is 11.6 Å². The number of likely N-dealkylation sites (tertiary alicyclic amines) is 1. The molecule has 2 atom stereocenters. The Hall–Kier alpha value is -2.02. The topological polar surface area (TPSA) is 61.4 Å². The fraction of sp³-hybridized carbons (Fsp3) is 0.579. The van der Waals surface area contributed by atoms with E-state index in [-0.39, 0.29) is 35.8 Å². The quantitative estimate of drug-likeness (QED) is 0.834. The summed E-state index contributed by atoms with van der Waals surface area (Å²) in [5, 5.41) is 6.14. The summed E-state index contributed by atoms with van der Waals surface area (Å²) in [5.41, 5.74) is 0.0812. The molecule has 2 heterocycles. The highest BCUT2D eigenvalue weighted by Crippen LogP contribution is 2.19. The first-order valence-electron chi connectivity index (χ1n) is 9.26. The lowest BCUT2D eigenvalue weighted by Crippen LogP contribution is -2.47. The van der Waals surface area contributed by atoms with Crippen LogP contribution < -0.4 is 10.6 Å². The standard InChI is InChI=1S/C19H25F2N3O2/c20-15-6-1-5-14(18(15)21)10-17(25)24-9-3-4-13(12-24)11-23-19(26)16-7-2-8-22-16/h1,5-6,13,16,22H,2-4,7-12H2,(H,23,26). The van der Waals surface area contributed by atoms with E-state index in [0.29, 0.717) is 19.6 Å². The van der Waals surface area contributed by atoms with E-state index in [1.54, 1.807) is 4.90 Å². The number of nitrogens with one attached hydrogen (secondary N) is 2. The molecule has 26 heavy (non-hydrogen) atoms. The molecular weight excluding hydrogens is 340 g/mol. The van der Waals surface area contributed by atoms with Crippen molar-refractivity contribution in [2.24, 2.45) is 5.92 Å². The van der Waals surface area contributed by atoms with Crippen LogP contribution in [0.15, 0.2) is 18.2 Å². The molecule has 0 aliphatic carbocycles. The second-order valence-electron chi connectivity index (χ2n) is 7.13. The van der Waals surface area contributed by atoms with Gasteiger partial charge in [0.25, 0.3) is 0 Å². The number of halogens is 2. The highest BCUT2D eigenvalue weighted by molar-refractivity contribution is 5.82. The van der Waals surface area contributed by atoms with Crippen molar-refractivity contribution in [1.82, 2.24) is 15.5 Å². The minimum absolute atomic E-state index is 0.0211. The molecule has 0 bridgehead atoms. The monoisotopic (exact) mass is 365 g/mol. The van der Waals surface area contributed by atoms with Crippen LogP contribution in [0.5, 0.6) is 0 Å². The normalized spacial score (nSPS) is 23.1. The Morgan fingerprint density at radius 3 is 2.85 bits per heavy atom. The Bertz CT molecular complexity index is 662. The Morgan fingerprint density at radius 1 is 1.23 bits per heavy atom. The summed E-state index contributed by atoms with van der Waals surface area (Å²) in [4.78, 5) is 26.2. The molecule has 142 valence electrons. The first-order chi connectivity index (χ1) is 12.5. The minimum Gasteiger partial charge on any atom is -0.354 e. The summed E-state index contributed by atoms with van der Waals surface area (Å²) in [7, 11) is 0. The largest absolute Gasteiger partial charge is 0.354 e. The second kappa shape index (κ2) is 8.58. The van der Waals surface area contributed by atoms with Crippen LogP contribution in [-0.2, 0) is 16.0 Å². The average Bonchev–Trinajstić information content (AvgIpc) is 3.18. The highest BCUT2D eigenvalue weighted by atomic mass is 19.2. The molecule has 5 nitrogen and oxygen atoms in total. The number of nitrogens with zero attached hydrogens (tertiary/aromatic N) is 1. The van der Waals surface area contributed by atoms with Crippen molar-refractivity contribution < 1.29 is 18.4 Å². The van der Waals surface area contributed by atoms with Crippen LogP contribution in [0.3, 0.4) is 0 Å². The van der Waals surface area contributed by atoms with E-state index in [1.807, 2.05) is 0 Å². The van der Waals surface area contributed by atoms with Crippen molar-refractivity contribution in [2.75, 3.05) is 26.2 Å². The van der Waals surface area contributed by atoms with Gasteiger partial charge in [-0.05, 0) is 44.2 Å². The first kappa shape index (κ1) is 18.8. The third kappa shape index (κ3) is 4.58. The van der Waals surface area contributed by atoms with Gasteiger partial charge >= 0.3 is 0 Å². The zero-order chi connectivity index (χ0) is 18.5. The van der Waals surface area contributed by atoms with E-state index >= 15 is 0 Å². The van der Waals surface area contributed by atoms with Crippen LogP contribution in [0.1, 0.15) is 31.2 Å². The zero-order valence-electron chi connectivity index (χ0n) is 14.8. The van der Waals surface area contributed by atoms with Gasteiger partial charge in [-0.3, -0.25) is 9.59 Å². The Morgan fingerprint density at radius 2 is 2.08 bits per heavy atom. The van der Waals surface area contributed by atoms with Crippen molar-refractivity contribution in [3.63, 3.8) is 0 Å². The molecular formula is C19H25F2N3O2. The maximum Gasteiger partial charge on any atom is 0.237 e. The van der Waals surface area contributed by atoms with Gasteiger partial charge in [0, 0.05) is 25.2 Å². The van der Waals surface area contributed by atoms with Crippen molar-refractivity contribution in [3.8, 4) is 0 Å². The Kier molecular flexibility index (Phi) is 6.19. The van der Waals surface area contributed by atoms with Crippen LogP contribution >= 0.6 is 0 Å². The lowest BCUT2D eigenvalue weighted by Gasteiger charge is -2.33. The molecule has 0 aromatic heterocycles. The van der Waals surface area contributed by atoms with Gasteiger partial charge in [-0.25, -0.2) is 8.78 Å². The van der Waals surface area contributed by atoms with Gasteiger partial charge in [0.2, 0.25) is 11.8 Å². The fourth-order valence-electron chi connectivity index (χ4n) is 3.69. The second-order valence-corrected chi connectivity index (χ2v) is 7.13. The Labute approximate surface area is 152 Å². The molecule has 2 fully saturated rings. The van der Waals surface area contributed by atoms with E-state index in [4.69, 9.17) is 0 Å².